The van der Waals surface area contributed by atoms with Crippen LogP contribution in [0.5, 0.6) is 0 Å². The van der Waals surface area contributed by atoms with Crippen molar-refractivity contribution < 1.29 is 0 Å². The minimum absolute atomic E-state index is 0.879. The second kappa shape index (κ2) is 41.2. The Bertz CT molecular complexity index is 618. The minimum Gasteiger partial charge on any atom is -0.0654 e. The molecule has 0 rings (SSSR count). The summed E-state index contributed by atoms with van der Waals surface area (Å²) >= 11 is 0. The lowest BCUT2D eigenvalue weighted by Crippen LogP contribution is -2.02. The summed E-state index contributed by atoms with van der Waals surface area (Å²) in [6.07, 6.45) is 57.7. The first-order valence-corrected chi connectivity index (χ1v) is 24.8. The third-order valence-electron chi connectivity index (χ3n) is 12.5. The molecule has 0 heterocycles. The van der Waals surface area contributed by atoms with Crippen LogP contribution in [-0.2, 0) is 0 Å². The van der Waals surface area contributed by atoms with E-state index < -0.39 is 0 Å². The van der Waals surface area contributed by atoms with Gasteiger partial charge in [-0.3, -0.25) is 0 Å². The molecule has 0 aromatic carbocycles. The molecule has 0 saturated heterocycles. The number of hydrogen-bond acceptors (Lipinski definition) is 0. The van der Waals surface area contributed by atoms with Crippen molar-refractivity contribution in [2.24, 2.45) is 29.6 Å². The van der Waals surface area contributed by atoms with Crippen LogP contribution in [0.15, 0.2) is 0 Å². The molecule has 0 aromatic heterocycles. The van der Waals surface area contributed by atoms with E-state index in [2.05, 4.69) is 48.5 Å². The first-order valence-electron chi connectivity index (χ1n) is 24.8. The predicted octanol–water partition coefficient (Wildman–Crippen LogP) is 19.4. The summed E-state index contributed by atoms with van der Waals surface area (Å²) in [7, 11) is 0. The van der Waals surface area contributed by atoms with Gasteiger partial charge in [0.1, 0.15) is 0 Å². The maximum atomic E-state index is 2.50. The van der Waals surface area contributed by atoms with E-state index in [9.17, 15) is 0 Å². The van der Waals surface area contributed by atoms with Gasteiger partial charge in [-0.25, -0.2) is 0 Å². The Balaban J connectivity index is 4.03. The number of hydrogen-bond donors (Lipinski definition) is 0. The Morgan fingerprint density at radius 3 is 0.725 bits per heavy atom. The Morgan fingerprint density at radius 2 is 0.431 bits per heavy atom. The fourth-order valence-corrected chi connectivity index (χ4v) is 8.82. The monoisotopic (exact) mass is 717 g/mol. The minimum atomic E-state index is 0.879. The molecular formula is C51H104. The normalized spacial score (nSPS) is 13.8. The first-order chi connectivity index (χ1) is 24.8. The Morgan fingerprint density at radius 1 is 0.216 bits per heavy atom. The summed E-state index contributed by atoms with van der Waals surface area (Å²) < 4.78 is 0. The summed E-state index contributed by atoms with van der Waals surface area (Å²) in [6, 6.07) is 0. The fraction of sp³-hybridized carbons (Fsp3) is 1.00. The molecule has 0 bridgehead atoms. The van der Waals surface area contributed by atoms with Crippen LogP contribution in [0.25, 0.3) is 0 Å². The smallest absolute Gasteiger partial charge is 0.0414 e. The Labute approximate surface area is 327 Å². The molecule has 0 aromatic rings. The SMILES string of the molecule is CCCC(C)CCCCCCCCCCCCCC(CCCCCCCCCCCCCC(C)C)CCCCCCCCC(C)CCCC(C)C. The van der Waals surface area contributed by atoms with Crippen molar-refractivity contribution in [1.82, 2.24) is 0 Å². The summed E-state index contributed by atoms with van der Waals surface area (Å²) in [6.45, 7) is 16.7. The van der Waals surface area contributed by atoms with Crippen molar-refractivity contribution >= 4 is 0 Å². The molecule has 0 spiro atoms. The highest BCUT2D eigenvalue weighted by atomic mass is 14.2. The van der Waals surface area contributed by atoms with Gasteiger partial charge >= 0.3 is 0 Å². The van der Waals surface area contributed by atoms with Gasteiger partial charge in [-0.15, -0.1) is 0 Å². The Hall–Kier alpha value is 0. The van der Waals surface area contributed by atoms with E-state index in [1.807, 2.05) is 0 Å². The van der Waals surface area contributed by atoms with Gasteiger partial charge in [-0.05, 0) is 29.6 Å². The molecule has 0 nitrogen and oxygen atoms in total. The van der Waals surface area contributed by atoms with Gasteiger partial charge in [-0.1, -0.05) is 299 Å². The molecule has 0 amide bonds. The molecule has 0 aliphatic rings. The topological polar surface area (TPSA) is 0 Å². The maximum Gasteiger partial charge on any atom is -0.0414 e. The molecule has 0 saturated carbocycles. The van der Waals surface area contributed by atoms with Crippen LogP contribution in [0.3, 0.4) is 0 Å². The van der Waals surface area contributed by atoms with E-state index in [-0.39, 0.29) is 0 Å². The quantitative estimate of drug-likeness (QED) is 0.0551. The molecule has 3 atom stereocenters. The van der Waals surface area contributed by atoms with Crippen LogP contribution >= 0.6 is 0 Å². The molecule has 0 fully saturated rings. The maximum absolute atomic E-state index is 2.50. The summed E-state index contributed by atoms with van der Waals surface area (Å²) in [5.74, 6) is 4.70. The molecule has 0 heteroatoms. The van der Waals surface area contributed by atoms with Crippen LogP contribution < -0.4 is 0 Å². The van der Waals surface area contributed by atoms with E-state index in [4.69, 9.17) is 0 Å². The van der Waals surface area contributed by atoms with Crippen molar-refractivity contribution in [3.63, 3.8) is 0 Å². The number of rotatable bonds is 43. The summed E-state index contributed by atoms with van der Waals surface area (Å²) in [5.41, 5.74) is 0. The summed E-state index contributed by atoms with van der Waals surface area (Å²) in [4.78, 5) is 0. The highest BCUT2D eigenvalue weighted by Gasteiger charge is 2.09. The average molecular weight is 717 g/mol. The van der Waals surface area contributed by atoms with Crippen LogP contribution in [0.1, 0.15) is 299 Å². The van der Waals surface area contributed by atoms with Crippen molar-refractivity contribution in [2.45, 2.75) is 299 Å². The van der Waals surface area contributed by atoms with Gasteiger partial charge in [0.05, 0.1) is 0 Å². The fourth-order valence-electron chi connectivity index (χ4n) is 8.82. The van der Waals surface area contributed by atoms with Crippen LogP contribution in [0, 0.1) is 29.6 Å². The van der Waals surface area contributed by atoms with E-state index >= 15 is 0 Å². The first kappa shape index (κ1) is 51.0. The van der Waals surface area contributed by atoms with Crippen LogP contribution in [-0.4, -0.2) is 0 Å². The molecule has 3 unspecified atom stereocenters. The second-order valence-corrected chi connectivity index (χ2v) is 19.2. The van der Waals surface area contributed by atoms with Crippen molar-refractivity contribution in [3.8, 4) is 0 Å². The van der Waals surface area contributed by atoms with Gasteiger partial charge < -0.3 is 0 Å². The summed E-state index contributed by atoms with van der Waals surface area (Å²) in [5, 5.41) is 0. The van der Waals surface area contributed by atoms with Gasteiger partial charge in [-0.2, -0.15) is 0 Å². The number of unbranched alkanes of at least 4 members (excludes halogenated alkanes) is 25. The van der Waals surface area contributed by atoms with Crippen molar-refractivity contribution in [3.05, 3.63) is 0 Å². The molecule has 0 aliphatic carbocycles. The lowest BCUT2D eigenvalue weighted by atomic mass is 9.89. The molecule has 308 valence electrons. The molecule has 51 heavy (non-hydrogen) atoms. The van der Waals surface area contributed by atoms with Crippen molar-refractivity contribution in [1.29, 1.82) is 0 Å². The van der Waals surface area contributed by atoms with E-state index in [0.717, 1.165) is 29.6 Å². The highest BCUT2D eigenvalue weighted by molar-refractivity contribution is 4.63. The highest BCUT2D eigenvalue weighted by Crippen LogP contribution is 2.26. The van der Waals surface area contributed by atoms with Gasteiger partial charge in [0, 0.05) is 0 Å². The Kier molecular flexibility index (Phi) is 41.2. The zero-order valence-electron chi connectivity index (χ0n) is 37.5. The van der Waals surface area contributed by atoms with Gasteiger partial charge in [0.2, 0.25) is 0 Å². The van der Waals surface area contributed by atoms with Gasteiger partial charge in [0.25, 0.3) is 0 Å². The average Bonchev–Trinajstić information content (AvgIpc) is 3.09. The molecule has 0 N–H and O–H groups in total. The van der Waals surface area contributed by atoms with Crippen molar-refractivity contribution in [2.75, 3.05) is 0 Å². The molecule has 0 aliphatic heterocycles. The van der Waals surface area contributed by atoms with E-state index in [0.29, 0.717) is 0 Å². The predicted molar refractivity (Wildman–Crippen MR) is 237 cm³/mol. The third kappa shape index (κ3) is 42.6. The zero-order chi connectivity index (χ0) is 37.5. The largest absolute Gasteiger partial charge is 0.0654 e. The van der Waals surface area contributed by atoms with Gasteiger partial charge in [0.15, 0.2) is 0 Å². The van der Waals surface area contributed by atoms with Crippen LogP contribution in [0.2, 0.25) is 0 Å². The lowest BCUT2D eigenvalue weighted by Gasteiger charge is -2.17. The van der Waals surface area contributed by atoms with E-state index in [1.54, 1.807) is 0 Å². The van der Waals surface area contributed by atoms with E-state index in [1.165, 1.54) is 250 Å². The second-order valence-electron chi connectivity index (χ2n) is 19.2. The third-order valence-corrected chi connectivity index (χ3v) is 12.5. The standard InChI is InChI=1S/C51H104/c1-8-38-49(6)41-32-26-20-16-12-10-14-18-22-29-35-45-51(44-34-28-21-17-13-9-11-15-19-25-31-39-47(2)3)46-36-30-24-23-27-33-42-50(7)43-37-40-48(4)5/h47-51H,8-46H2,1-7H3. The lowest BCUT2D eigenvalue weighted by molar-refractivity contribution is 0.364. The van der Waals surface area contributed by atoms with Crippen LogP contribution in [0.4, 0.5) is 0 Å². The molecular weight excluding hydrogens is 613 g/mol. The zero-order valence-corrected chi connectivity index (χ0v) is 37.5. The molecule has 0 radical (unpaired) electrons.